The van der Waals surface area contributed by atoms with Crippen molar-refractivity contribution < 1.29 is 14.3 Å². The molecule has 1 amide bonds. The molecule has 0 radical (unpaired) electrons. The zero-order valence-electron chi connectivity index (χ0n) is 19.9. The van der Waals surface area contributed by atoms with Crippen LogP contribution in [0.1, 0.15) is 32.9 Å². The lowest BCUT2D eigenvalue weighted by molar-refractivity contribution is 0.0783. The molecule has 0 aliphatic carbocycles. The quantitative estimate of drug-likeness (QED) is 0.350. The van der Waals surface area contributed by atoms with Gasteiger partial charge in [0, 0.05) is 47.9 Å². The van der Waals surface area contributed by atoms with Crippen molar-refractivity contribution in [3.63, 3.8) is 0 Å². The molecular weight excluding hydrogens is 450 g/mol. The highest BCUT2D eigenvalue weighted by Gasteiger charge is 2.18. The number of rotatable bonds is 8. The summed E-state index contributed by atoms with van der Waals surface area (Å²) in [6.45, 7) is 4.33. The topological polar surface area (TPSA) is 81.9 Å². The molecule has 34 heavy (non-hydrogen) atoms. The molecule has 0 fully saturated rings. The van der Waals surface area contributed by atoms with Crippen molar-refractivity contribution in [2.24, 2.45) is 0 Å². The number of methoxy groups -OCH3 is 2. The Hall–Kier alpha value is -3.59. The summed E-state index contributed by atoms with van der Waals surface area (Å²) in [6, 6.07) is 15.2. The lowest BCUT2D eigenvalue weighted by Crippen LogP contribution is -2.27. The van der Waals surface area contributed by atoms with Gasteiger partial charge in [-0.1, -0.05) is 30.0 Å². The molecule has 0 aliphatic rings. The van der Waals surface area contributed by atoms with Gasteiger partial charge in [0.1, 0.15) is 11.5 Å². The number of carbonyl (C=O) groups is 1. The van der Waals surface area contributed by atoms with E-state index in [1.54, 1.807) is 30.7 Å². The van der Waals surface area contributed by atoms with Crippen LogP contribution in [-0.2, 0) is 12.3 Å². The third-order valence-corrected chi connectivity index (χ3v) is 6.34. The minimum absolute atomic E-state index is 0.0647. The maximum Gasteiger partial charge on any atom is 0.254 e. The van der Waals surface area contributed by atoms with E-state index >= 15 is 0 Å². The van der Waals surface area contributed by atoms with E-state index in [2.05, 4.69) is 15.1 Å². The summed E-state index contributed by atoms with van der Waals surface area (Å²) in [4.78, 5) is 24.0. The average Bonchev–Trinajstić information content (AvgIpc) is 3.26. The van der Waals surface area contributed by atoms with Crippen molar-refractivity contribution in [2.75, 3.05) is 21.3 Å². The zero-order chi connectivity index (χ0) is 24.2. The van der Waals surface area contributed by atoms with E-state index in [1.165, 1.54) is 11.8 Å². The van der Waals surface area contributed by atoms with E-state index in [4.69, 9.17) is 9.47 Å². The van der Waals surface area contributed by atoms with Crippen LogP contribution in [0.2, 0.25) is 0 Å². The first-order valence-electron chi connectivity index (χ1n) is 10.8. The molecule has 176 valence electrons. The Morgan fingerprint density at radius 3 is 2.59 bits per heavy atom. The Kier molecular flexibility index (Phi) is 7.02. The lowest BCUT2D eigenvalue weighted by Gasteiger charge is -2.20. The summed E-state index contributed by atoms with van der Waals surface area (Å²) in [5.41, 5.74) is 4.36. The number of benzene rings is 2. The Labute approximate surface area is 202 Å². The molecule has 0 aliphatic heterocycles. The number of ether oxygens (including phenoxy) is 2. The van der Waals surface area contributed by atoms with Crippen molar-refractivity contribution in [2.45, 2.75) is 31.3 Å². The summed E-state index contributed by atoms with van der Waals surface area (Å²) < 4.78 is 12.5. The van der Waals surface area contributed by atoms with Crippen LogP contribution in [0.25, 0.3) is 5.78 Å². The van der Waals surface area contributed by atoms with Crippen molar-refractivity contribution >= 4 is 23.4 Å². The van der Waals surface area contributed by atoms with Gasteiger partial charge in [-0.2, -0.15) is 4.98 Å². The van der Waals surface area contributed by atoms with Crippen LogP contribution in [0.3, 0.4) is 0 Å². The molecule has 9 heteroatoms. The highest BCUT2D eigenvalue weighted by atomic mass is 32.2. The largest absolute Gasteiger partial charge is 0.497 e. The third-order valence-electron chi connectivity index (χ3n) is 5.45. The number of aromatic nitrogens is 4. The number of thioether (sulfide) groups is 1. The highest BCUT2D eigenvalue weighted by molar-refractivity contribution is 7.98. The first-order chi connectivity index (χ1) is 16.4. The van der Waals surface area contributed by atoms with Crippen molar-refractivity contribution in [3.8, 4) is 11.5 Å². The molecule has 0 atom stereocenters. The molecule has 2 aromatic heterocycles. The number of aryl methyl sites for hydroxylation is 2. The van der Waals surface area contributed by atoms with Crippen LogP contribution in [0.5, 0.6) is 11.5 Å². The van der Waals surface area contributed by atoms with Gasteiger partial charge in [0.2, 0.25) is 5.16 Å². The second kappa shape index (κ2) is 10.1. The second-order valence-corrected chi connectivity index (χ2v) is 8.87. The van der Waals surface area contributed by atoms with Crippen LogP contribution >= 0.6 is 11.8 Å². The van der Waals surface area contributed by atoms with E-state index in [9.17, 15) is 4.79 Å². The molecule has 0 saturated heterocycles. The number of hydrogen-bond acceptors (Lipinski definition) is 7. The van der Waals surface area contributed by atoms with Gasteiger partial charge in [0.05, 0.1) is 14.2 Å². The molecule has 2 aromatic carbocycles. The first kappa shape index (κ1) is 23.6. The molecule has 0 N–H and O–H groups in total. The molecule has 8 nitrogen and oxygen atoms in total. The fourth-order valence-electron chi connectivity index (χ4n) is 3.72. The molecule has 0 bridgehead atoms. The standard InChI is InChI=1S/C25H27N5O3S/c1-16-12-17(2)30-24(26-16)27-25(28-30)34-15-19-8-6-7-9-21(19)23(31)29(3)14-18-10-11-20(32-4)13-22(18)33-5/h6-13H,14-15H2,1-5H3. The second-order valence-electron chi connectivity index (χ2n) is 7.93. The fraction of sp³-hybridized carbons (Fsp3) is 0.280. The number of fused-ring (bicyclic) bond motifs is 1. The van der Waals surface area contributed by atoms with E-state index in [1.807, 2.05) is 62.4 Å². The van der Waals surface area contributed by atoms with Crippen LogP contribution in [-0.4, -0.2) is 51.7 Å². The van der Waals surface area contributed by atoms with Gasteiger partial charge in [0.25, 0.3) is 11.7 Å². The summed E-state index contributed by atoms with van der Waals surface area (Å²) in [7, 11) is 5.01. The molecule has 0 unspecified atom stereocenters. The van der Waals surface area contributed by atoms with Crippen molar-refractivity contribution in [3.05, 3.63) is 76.6 Å². The van der Waals surface area contributed by atoms with Crippen molar-refractivity contribution in [1.29, 1.82) is 0 Å². The summed E-state index contributed by atoms with van der Waals surface area (Å²) >= 11 is 1.48. The number of hydrogen-bond donors (Lipinski definition) is 0. The average molecular weight is 478 g/mol. The highest BCUT2D eigenvalue weighted by Crippen LogP contribution is 2.27. The number of amides is 1. The predicted molar refractivity (Wildman–Crippen MR) is 132 cm³/mol. The first-order valence-corrected chi connectivity index (χ1v) is 11.8. The Balaban J connectivity index is 1.50. The molecule has 2 heterocycles. The summed E-state index contributed by atoms with van der Waals surface area (Å²) in [5, 5.41) is 5.18. The normalized spacial score (nSPS) is 11.0. The zero-order valence-corrected chi connectivity index (χ0v) is 20.7. The minimum atomic E-state index is -0.0647. The molecular formula is C25H27N5O3S. The minimum Gasteiger partial charge on any atom is -0.497 e. The number of nitrogens with zero attached hydrogens (tertiary/aromatic N) is 5. The van der Waals surface area contributed by atoms with E-state index in [0.717, 1.165) is 22.5 Å². The van der Waals surface area contributed by atoms with Gasteiger partial charge >= 0.3 is 0 Å². The smallest absolute Gasteiger partial charge is 0.254 e. The SMILES string of the molecule is COc1ccc(CN(C)C(=O)c2ccccc2CSc2nc3nc(C)cc(C)n3n2)c(OC)c1. The number of carbonyl (C=O) groups excluding carboxylic acids is 1. The van der Waals surface area contributed by atoms with Gasteiger partial charge in [-0.3, -0.25) is 4.79 Å². The van der Waals surface area contributed by atoms with Crippen LogP contribution in [0.4, 0.5) is 0 Å². The Bertz CT molecular complexity index is 1340. The summed E-state index contributed by atoms with van der Waals surface area (Å²) in [6.07, 6.45) is 0. The predicted octanol–water partition coefficient (Wildman–Crippen LogP) is 4.32. The maximum atomic E-state index is 13.3. The van der Waals surface area contributed by atoms with E-state index in [-0.39, 0.29) is 5.91 Å². The van der Waals surface area contributed by atoms with Crippen LogP contribution in [0.15, 0.2) is 53.7 Å². The van der Waals surface area contributed by atoms with Gasteiger partial charge < -0.3 is 14.4 Å². The van der Waals surface area contributed by atoms with Gasteiger partial charge in [-0.15, -0.1) is 5.10 Å². The molecule has 0 saturated carbocycles. The van der Waals surface area contributed by atoms with Crippen LogP contribution in [0, 0.1) is 13.8 Å². The van der Waals surface area contributed by atoms with E-state index < -0.39 is 0 Å². The maximum absolute atomic E-state index is 13.3. The Morgan fingerprint density at radius 2 is 1.82 bits per heavy atom. The van der Waals surface area contributed by atoms with Gasteiger partial charge in [-0.25, -0.2) is 9.50 Å². The van der Waals surface area contributed by atoms with Gasteiger partial charge in [0.15, 0.2) is 0 Å². The Morgan fingerprint density at radius 1 is 1.03 bits per heavy atom. The summed E-state index contributed by atoms with van der Waals surface area (Å²) in [5.74, 6) is 2.47. The molecule has 0 spiro atoms. The fourth-order valence-corrected chi connectivity index (χ4v) is 4.54. The third kappa shape index (κ3) is 4.99. The molecule has 4 rings (SSSR count). The van der Waals surface area contributed by atoms with Crippen LogP contribution < -0.4 is 9.47 Å². The monoisotopic (exact) mass is 477 g/mol. The lowest BCUT2D eigenvalue weighted by atomic mass is 10.1. The van der Waals surface area contributed by atoms with Gasteiger partial charge in [-0.05, 0) is 43.7 Å². The van der Waals surface area contributed by atoms with E-state index in [0.29, 0.717) is 40.3 Å². The molecule has 4 aromatic rings. The van der Waals surface area contributed by atoms with Crippen molar-refractivity contribution in [1.82, 2.24) is 24.5 Å².